The molecule has 0 spiro atoms. The van der Waals surface area contributed by atoms with Gasteiger partial charge >= 0.3 is 5.97 Å². The van der Waals surface area contributed by atoms with Crippen LogP contribution in [0.5, 0.6) is 0 Å². The first-order chi connectivity index (χ1) is 9.20. The molecule has 0 aliphatic carbocycles. The number of likely N-dealkylation sites (N-methyl/N-ethyl adjacent to an activating group) is 1. The van der Waals surface area contributed by atoms with Crippen LogP contribution in [0.2, 0.25) is 0 Å². The number of nitrogens with one attached hydrogen (secondary N) is 2. The Kier molecular flexibility index (Phi) is 4.48. The molecule has 1 unspecified atom stereocenters. The summed E-state index contributed by atoms with van der Waals surface area (Å²) < 4.78 is 5.23. The number of carboxylic acid groups (broad SMARTS) is 1. The lowest BCUT2D eigenvalue weighted by Crippen LogP contribution is -2.43. The van der Waals surface area contributed by atoms with Crippen molar-refractivity contribution in [1.82, 2.24) is 15.6 Å². The zero-order valence-electron chi connectivity index (χ0n) is 10.7. The Morgan fingerprint density at radius 3 is 3.11 bits per heavy atom. The van der Waals surface area contributed by atoms with Gasteiger partial charge in [-0.15, -0.1) is 0 Å². The lowest BCUT2D eigenvalue weighted by Gasteiger charge is -2.12. The van der Waals surface area contributed by atoms with Gasteiger partial charge in [0, 0.05) is 6.54 Å². The van der Waals surface area contributed by atoms with E-state index >= 15 is 0 Å². The molecule has 19 heavy (non-hydrogen) atoms. The molecule has 0 bridgehead atoms. The second-order valence-electron chi connectivity index (χ2n) is 4.29. The van der Waals surface area contributed by atoms with Crippen LogP contribution in [0.25, 0.3) is 11.1 Å². The van der Waals surface area contributed by atoms with Gasteiger partial charge in [0.05, 0.1) is 0 Å². The third-order valence-corrected chi connectivity index (χ3v) is 2.98. The van der Waals surface area contributed by atoms with Crippen LogP contribution in [0, 0.1) is 0 Å². The molecule has 102 valence electrons. The first-order valence-electron chi connectivity index (χ1n) is 6.13. The van der Waals surface area contributed by atoms with E-state index in [9.17, 15) is 4.79 Å². The zero-order chi connectivity index (χ0) is 13.7. The van der Waals surface area contributed by atoms with E-state index < -0.39 is 12.0 Å². The maximum atomic E-state index is 10.8. The highest BCUT2D eigenvalue weighted by Crippen LogP contribution is 2.14. The van der Waals surface area contributed by atoms with Gasteiger partial charge in [0.2, 0.25) is 0 Å². The lowest BCUT2D eigenvalue weighted by atomic mass is 10.1. The van der Waals surface area contributed by atoms with E-state index in [1.54, 1.807) is 7.05 Å². The van der Waals surface area contributed by atoms with E-state index in [1.807, 2.05) is 18.2 Å². The summed E-state index contributed by atoms with van der Waals surface area (Å²) in [6.45, 7) is 1.11. The van der Waals surface area contributed by atoms with Gasteiger partial charge in [-0.05, 0) is 37.7 Å². The molecule has 0 fully saturated rings. The summed E-state index contributed by atoms with van der Waals surface area (Å²) in [7, 11) is 1.64. The van der Waals surface area contributed by atoms with Crippen molar-refractivity contribution < 1.29 is 14.3 Å². The van der Waals surface area contributed by atoms with Gasteiger partial charge in [-0.25, -0.2) is 4.98 Å². The first-order valence-corrected chi connectivity index (χ1v) is 6.13. The minimum absolute atomic E-state index is 0.399. The zero-order valence-corrected chi connectivity index (χ0v) is 10.7. The van der Waals surface area contributed by atoms with E-state index in [1.165, 1.54) is 6.39 Å². The average Bonchev–Trinajstić information content (AvgIpc) is 2.85. The Balaban J connectivity index is 1.80. The summed E-state index contributed by atoms with van der Waals surface area (Å²) in [6.07, 6.45) is 2.24. The summed E-state index contributed by atoms with van der Waals surface area (Å²) in [6, 6.07) is 5.31. The molecular weight excluding hydrogens is 246 g/mol. The van der Waals surface area contributed by atoms with Crippen LogP contribution in [0.15, 0.2) is 29.0 Å². The minimum Gasteiger partial charge on any atom is -0.480 e. The van der Waals surface area contributed by atoms with Crippen molar-refractivity contribution in [2.75, 3.05) is 20.1 Å². The minimum atomic E-state index is -0.849. The van der Waals surface area contributed by atoms with E-state index in [0.717, 1.165) is 23.1 Å². The van der Waals surface area contributed by atoms with Crippen LogP contribution in [0.4, 0.5) is 0 Å². The molecule has 0 aliphatic rings. The average molecular weight is 263 g/mol. The fraction of sp³-hybridized carbons (Fsp3) is 0.385. The summed E-state index contributed by atoms with van der Waals surface area (Å²) in [5.74, 6) is -0.849. The largest absolute Gasteiger partial charge is 0.480 e. The molecule has 1 aromatic heterocycles. The van der Waals surface area contributed by atoms with E-state index in [2.05, 4.69) is 15.6 Å². The van der Waals surface area contributed by atoms with E-state index in [-0.39, 0.29) is 0 Å². The summed E-state index contributed by atoms with van der Waals surface area (Å²) >= 11 is 0. The van der Waals surface area contributed by atoms with Crippen LogP contribution in [-0.2, 0) is 11.2 Å². The summed E-state index contributed by atoms with van der Waals surface area (Å²) in [5, 5.41) is 14.7. The molecule has 1 aromatic carbocycles. The molecule has 1 heterocycles. The quantitative estimate of drug-likeness (QED) is 0.635. The first kappa shape index (κ1) is 13.5. The Labute approximate surface area is 110 Å². The van der Waals surface area contributed by atoms with Crippen LogP contribution >= 0.6 is 0 Å². The van der Waals surface area contributed by atoms with Crippen molar-refractivity contribution in [1.29, 1.82) is 0 Å². The molecule has 3 N–H and O–H groups in total. The smallest absolute Gasteiger partial charge is 0.322 e. The maximum absolute atomic E-state index is 10.8. The number of aliphatic carboxylic acids is 1. The third kappa shape index (κ3) is 3.52. The number of rotatable bonds is 7. The van der Waals surface area contributed by atoms with Gasteiger partial charge < -0.3 is 20.2 Å². The van der Waals surface area contributed by atoms with Gasteiger partial charge in [-0.1, -0.05) is 6.07 Å². The number of aromatic nitrogens is 1. The molecule has 0 radical (unpaired) electrons. The highest BCUT2D eigenvalue weighted by atomic mass is 16.4. The van der Waals surface area contributed by atoms with Crippen molar-refractivity contribution in [3.8, 4) is 0 Å². The molecule has 2 rings (SSSR count). The topological polar surface area (TPSA) is 87.4 Å². The molecule has 0 amide bonds. The van der Waals surface area contributed by atoms with Crippen LogP contribution in [-0.4, -0.2) is 42.2 Å². The third-order valence-electron chi connectivity index (χ3n) is 2.98. The Hall–Kier alpha value is -1.92. The Morgan fingerprint density at radius 1 is 1.53 bits per heavy atom. The second-order valence-corrected chi connectivity index (χ2v) is 4.29. The number of nitrogens with zero attached hydrogens (tertiary/aromatic N) is 1. The van der Waals surface area contributed by atoms with Crippen LogP contribution < -0.4 is 10.6 Å². The SMILES string of the molecule is CNC(CNCCc1ccc2ncoc2c1)C(=O)O. The van der Waals surface area contributed by atoms with Gasteiger partial charge in [-0.3, -0.25) is 4.79 Å². The van der Waals surface area contributed by atoms with Crippen molar-refractivity contribution in [2.24, 2.45) is 0 Å². The molecule has 6 nitrogen and oxygen atoms in total. The predicted octanol–water partition coefficient (Wildman–Crippen LogP) is 0.632. The predicted molar refractivity (Wildman–Crippen MR) is 71.1 cm³/mol. The fourth-order valence-electron chi connectivity index (χ4n) is 1.85. The van der Waals surface area contributed by atoms with Gasteiger partial charge in [0.15, 0.2) is 12.0 Å². The lowest BCUT2D eigenvalue weighted by molar-refractivity contribution is -0.139. The summed E-state index contributed by atoms with van der Waals surface area (Å²) in [4.78, 5) is 14.8. The Morgan fingerprint density at radius 2 is 2.37 bits per heavy atom. The highest BCUT2D eigenvalue weighted by Gasteiger charge is 2.13. The van der Waals surface area contributed by atoms with Crippen LogP contribution in [0.1, 0.15) is 5.56 Å². The Bertz CT molecular complexity index is 553. The number of carbonyl (C=O) groups is 1. The summed E-state index contributed by atoms with van der Waals surface area (Å²) in [5.41, 5.74) is 2.75. The molecule has 6 heteroatoms. The van der Waals surface area contributed by atoms with Crippen molar-refractivity contribution >= 4 is 17.1 Å². The normalized spacial score (nSPS) is 12.7. The molecular formula is C13H17N3O3. The number of hydrogen-bond donors (Lipinski definition) is 3. The van der Waals surface area contributed by atoms with Crippen molar-refractivity contribution in [3.63, 3.8) is 0 Å². The standard InChI is InChI=1S/C13H17N3O3/c1-14-11(13(17)18)7-15-5-4-9-2-3-10-12(6-9)19-8-16-10/h2-3,6,8,11,14-15H,4-5,7H2,1H3,(H,17,18). The molecule has 1 atom stereocenters. The molecule has 2 aromatic rings. The van der Waals surface area contributed by atoms with Gasteiger partial charge in [-0.2, -0.15) is 0 Å². The number of benzene rings is 1. The van der Waals surface area contributed by atoms with E-state index in [4.69, 9.17) is 9.52 Å². The number of carboxylic acids is 1. The maximum Gasteiger partial charge on any atom is 0.322 e. The van der Waals surface area contributed by atoms with Crippen molar-refractivity contribution in [2.45, 2.75) is 12.5 Å². The van der Waals surface area contributed by atoms with Gasteiger partial charge in [0.25, 0.3) is 0 Å². The van der Waals surface area contributed by atoms with E-state index in [0.29, 0.717) is 13.1 Å². The fourth-order valence-corrected chi connectivity index (χ4v) is 1.85. The monoisotopic (exact) mass is 263 g/mol. The highest BCUT2D eigenvalue weighted by molar-refractivity contribution is 5.73. The van der Waals surface area contributed by atoms with Crippen molar-refractivity contribution in [3.05, 3.63) is 30.2 Å². The molecule has 0 saturated heterocycles. The number of fused-ring (bicyclic) bond motifs is 1. The van der Waals surface area contributed by atoms with Crippen LogP contribution in [0.3, 0.4) is 0 Å². The number of hydrogen-bond acceptors (Lipinski definition) is 5. The number of oxazole rings is 1. The molecule has 0 saturated carbocycles. The van der Waals surface area contributed by atoms with Gasteiger partial charge in [0.1, 0.15) is 11.6 Å². The second kappa shape index (κ2) is 6.31. The molecule has 0 aliphatic heterocycles.